The Balaban J connectivity index is 1.29. The molecule has 0 bridgehead atoms. The third-order valence-electron chi connectivity index (χ3n) is 6.42. The Morgan fingerprint density at radius 1 is 0.839 bits per heavy atom. The van der Waals surface area contributed by atoms with Gasteiger partial charge < -0.3 is 9.88 Å². The van der Waals surface area contributed by atoms with E-state index < -0.39 is 0 Å². The van der Waals surface area contributed by atoms with E-state index in [1.54, 1.807) is 0 Å². The van der Waals surface area contributed by atoms with Crippen molar-refractivity contribution in [2.24, 2.45) is 0 Å². The van der Waals surface area contributed by atoms with Crippen LogP contribution in [0, 0.1) is 0 Å². The van der Waals surface area contributed by atoms with Gasteiger partial charge in [-0.2, -0.15) is 11.8 Å². The van der Waals surface area contributed by atoms with E-state index in [2.05, 4.69) is 57.4 Å². The van der Waals surface area contributed by atoms with E-state index in [4.69, 9.17) is 0 Å². The summed E-state index contributed by atoms with van der Waals surface area (Å²) in [6, 6.07) is 16.7. The van der Waals surface area contributed by atoms with Crippen LogP contribution in [0.2, 0.25) is 0 Å². The van der Waals surface area contributed by atoms with Crippen molar-refractivity contribution in [1.82, 2.24) is 19.7 Å². The number of benzene rings is 2. The lowest BCUT2D eigenvalue weighted by molar-refractivity contribution is 0.0630. The van der Waals surface area contributed by atoms with E-state index in [0.717, 1.165) is 68.8 Å². The van der Waals surface area contributed by atoms with Crippen molar-refractivity contribution in [2.75, 3.05) is 50.8 Å². The number of aromatic amines is 1. The van der Waals surface area contributed by atoms with Gasteiger partial charge in [0.2, 0.25) is 0 Å². The highest BCUT2D eigenvalue weighted by atomic mass is 32.2. The minimum Gasteiger partial charge on any atom is -0.361 e. The van der Waals surface area contributed by atoms with Gasteiger partial charge in [-0.15, -0.1) is 0 Å². The van der Waals surface area contributed by atoms with Crippen molar-refractivity contribution in [3.63, 3.8) is 0 Å². The van der Waals surface area contributed by atoms with Crippen LogP contribution in [0.1, 0.15) is 21.5 Å². The number of amides is 1. The highest BCUT2D eigenvalue weighted by Crippen LogP contribution is 2.26. The van der Waals surface area contributed by atoms with Crippen LogP contribution in [0.5, 0.6) is 0 Å². The molecule has 162 valence electrons. The lowest BCUT2D eigenvalue weighted by Gasteiger charge is -2.35. The number of carbonyl (C=O) groups excluding carboxylic acids is 1. The number of aromatic nitrogens is 1. The summed E-state index contributed by atoms with van der Waals surface area (Å²) < 4.78 is 0. The van der Waals surface area contributed by atoms with Gasteiger partial charge in [-0.1, -0.05) is 36.4 Å². The minimum atomic E-state index is 0.167. The lowest BCUT2D eigenvalue weighted by atomic mass is 10.0. The largest absolute Gasteiger partial charge is 0.361 e. The van der Waals surface area contributed by atoms with Gasteiger partial charge in [-0.25, -0.2) is 0 Å². The standard InChI is InChI=1S/C25H30N4OS/c30-25(29-11-9-27(10-12-29)18-20-5-2-1-3-6-20)22-7-4-8-23-24(22)21(17-26-23)19-28-13-15-31-16-14-28/h1-8,17,26H,9-16,18-19H2. The Kier molecular flexibility index (Phi) is 6.30. The van der Waals surface area contributed by atoms with Gasteiger partial charge in [0, 0.05) is 86.5 Å². The van der Waals surface area contributed by atoms with Crippen molar-refractivity contribution < 1.29 is 4.79 Å². The van der Waals surface area contributed by atoms with Gasteiger partial charge in [0.25, 0.3) is 5.91 Å². The molecule has 2 aliphatic heterocycles. The van der Waals surface area contributed by atoms with Crippen LogP contribution in [0.4, 0.5) is 0 Å². The number of carbonyl (C=O) groups is 1. The molecule has 2 fully saturated rings. The molecule has 2 aromatic carbocycles. The number of thioether (sulfide) groups is 1. The van der Waals surface area contributed by atoms with E-state index in [9.17, 15) is 4.79 Å². The van der Waals surface area contributed by atoms with Gasteiger partial charge >= 0.3 is 0 Å². The normalized spacial score (nSPS) is 18.5. The number of rotatable bonds is 5. The highest BCUT2D eigenvalue weighted by molar-refractivity contribution is 7.99. The minimum absolute atomic E-state index is 0.167. The SMILES string of the molecule is O=C(c1cccc2[nH]cc(CN3CCSCC3)c12)N1CCN(Cc2ccccc2)CC1. The maximum atomic E-state index is 13.5. The molecule has 5 rings (SSSR count). The Morgan fingerprint density at radius 3 is 2.35 bits per heavy atom. The van der Waals surface area contributed by atoms with Crippen molar-refractivity contribution in [3.8, 4) is 0 Å². The predicted octanol–water partition coefficient (Wildman–Crippen LogP) is 3.67. The molecule has 1 N–H and O–H groups in total. The fourth-order valence-electron chi connectivity index (χ4n) is 4.68. The molecule has 0 spiro atoms. The third-order valence-corrected chi connectivity index (χ3v) is 7.37. The summed E-state index contributed by atoms with van der Waals surface area (Å²) in [4.78, 5) is 23.9. The molecule has 1 aromatic heterocycles. The second-order valence-corrected chi connectivity index (χ2v) is 9.71. The molecule has 2 aliphatic rings. The molecule has 3 heterocycles. The van der Waals surface area contributed by atoms with Gasteiger partial charge in [-0.05, 0) is 23.3 Å². The summed E-state index contributed by atoms with van der Waals surface area (Å²) >= 11 is 2.03. The molecular weight excluding hydrogens is 404 g/mol. The second-order valence-electron chi connectivity index (χ2n) is 8.48. The average molecular weight is 435 g/mol. The average Bonchev–Trinajstić information content (AvgIpc) is 3.23. The van der Waals surface area contributed by atoms with Crippen LogP contribution in [0.25, 0.3) is 10.9 Å². The fourth-order valence-corrected chi connectivity index (χ4v) is 5.66. The molecule has 0 saturated carbocycles. The molecule has 2 saturated heterocycles. The first-order valence-electron chi connectivity index (χ1n) is 11.2. The number of nitrogens with zero attached hydrogens (tertiary/aromatic N) is 3. The monoisotopic (exact) mass is 434 g/mol. The first-order chi connectivity index (χ1) is 15.3. The van der Waals surface area contributed by atoms with Crippen LogP contribution in [0.15, 0.2) is 54.7 Å². The number of hydrogen-bond donors (Lipinski definition) is 1. The topological polar surface area (TPSA) is 42.6 Å². The maximum absolute atomic E-state index is 13.5. The second kappa shape index (κ2) is 9.47. The molecule has 1 amide bonds. The number of hydrogen-bond acceptors (Lipinski definition) is 4. The van der Waals surface area contributed by atoms with Crippen LogP contribution < -0.4 is 0 Å². The molecule has 0 aliphatic carbocycles. The fraction of sp³-hybridized carbons (Fsp3) is 0.400. The number of nitrogens with one attached hydrogen (secondary N) is 1. The number of piperazine rings is 1. The molecular formula is C25H30N4OS. The van der Waals surface area contributed by atoms with Crippen molar-refractivity contribution >= 4 is 28.6 Å². The first kappa shape index (κ1) is 20.6. The van der Waals surface area contributed by atoms with E-state index in [0.29, 0.717) is 0 Å². The zero-order valence-corrected chi connectivity index (χ0v) is 18.7. The molecule has 3 aromatic rings. The summed E-state index contributed by atoms with van der Waals surface area (Å²) in [6.07, 6.45) is 2.10. The van der Waals surface area contributed by atoms with Crippen LogP contribution >= 0.6 is 11.8 Å². The molecule has 0 unspecified atom stereocenters. The van der Waals surface area contributed by atoms with Gasteiger partial charge in [0.1, 0.15) is 0 Å². The maximum Gasteiger partial charge on any atom is 0.254 e. The van der Waals surface area contributed by atoms with Gasteiger partial charge in [-0.3, -0.25) is 14.6 Å². The molecule has 5 nitrogen and oxygen atoms in total. The van der Waals surface area contributed by atoms with Crippen molar-refractivity contribution in [1.29, 1.82) is 0 Å². The predicted molar refractivity (Wildman–Crippen MR) is 129 cm³/mol. The molecule has 0 radical (unpaired) electrons. The Hall–Kier alpha value is -2.28. The zero-order valence-electron chi connectivity index (χ0n) is 17.9. The Morgan fingerprint density at radius 2 is 1.58 bits per heavy atom. The molecule has 0 atom stereocenters. The zero-order chi connectivity index (χ0) is 21.0. The van der Waals surface area contributed by atoms with Gasteiger partial charge in [0.05, 0.1) is 0 Å². The highest BCUT2D eigenvalue weighted by Gasteiger charge is 2.25. The number of H-pyrrole nitrogens is 1. The lowest BCUT2D eigenvalue weighted by Crippen LogP contribution is -2.48. The summed E-state index contributed by atoms with van der Waals surface area (Å²) in [5, 5.41) is 1.11. The van der Waals surface area contributed by atoms with Crippen LogP contribution in [-0.2, 0) is 13.1 Å². The van der Waals surface area contributed by atoms with Gasteiger partial charge in [0.15, 0.2) is 0 Å². The Bertz CT molecular complexity index is 1020. The quantitative estimate of drug-likeness (QED) is 0.665. The summed E-state index contributed by atoms with van der Waals surface area (Å²) in [7, 11) is 0. The summed E-state index contributed by atoms with van der Waals surface area (Å²) in [6.45, 7) is 7.51. The van der Waals surface area contributed by atoms with Crippen LogP contribution in [-0.4, -0.2) is 76.4 Å². The van der Waals surface area contributed by atoms with Crippen LogP contribution in [0.3, 0.4) is 0 Å². The van der Waals surface area contributed by atoms with E-state index >= 15 is 0 Å². The van der Waals surface area contributed by atoms with Crippen molar-refractivity contribution in [3.05, 3.63) is 71.4 Å². The smallest absolute Gasteiger partial charge is 0.254 e. The Labute approximate surface area is 188 Å². The van der Waals surface area contributed by atoms with Crippen molar-refractivity contribution in [2.45, 2.75) is 13.1 Å². The summed E-state index contributed by atoms with van der Waals surface area (Å²) in [5.74, 6) is 2.56. The third kappa shape index (κ3) is 4.66. The number of fused-ring (bicyclic) bond motifs is 1. The molecule has 6 heteroatoms. The molecule has 31 heavy (non-hydrogen) atoms. The van der Waals surface area contributed by atoms with E-state index in [1.165, 1.54) is 22.6 Å². The first-order valence-corrected chi connectivity index (χ1v) is 12.4. The van der Waals surface area contributed by atoms with E-state index in [1.807, 2.05) is 28.8 Å². The summed E-state index contributed by atoms with van der Waals surface area (Å²) in [5.41, 5.74) is 4.49. The van der Waals surface area contributed by atoms with E-state index in [-0.39, 0.29) is 5.91 Å².